The predicted octanol–water partition coefficient (Wildman–Crippen LogP) is -1.10. The van der Waals surface area contributed by atoms with Gasteiger partial charge in [-0.1, -0.05) is 6.92 Å². The third-order valence-electron chi connectivity index (χ3n) is 5.49. The fourth-order valence-corrected chi connectivity index (χ4v) is 5.76. The fraction of sp³-hybridized carbons (Fsp3) is 0.706. The van der Waals surface area contributed by atoms with Crippen LogP contribution in [0.1, 0.15) is 20.3 Å². The van der Waals surface area contributed by atoms with E-state index in [-0.39, 0.29) is 34.9 Å². The number of fused-ring (bicyclic) bond motifs is 1. The minimum Gasteiger partial charge on any atom is -0.477 e. The summed E-state index contributed by atoms with van der Waals surface area (Å²) in [5, 5.41) is 28.8. The Labute approximate surface area is 161 Å². The lowest BCUT2D eigenvalue weighted by atomic mass is 9.79. The molecule has 0 aromatic heterocycles. The first kappa shape index (κ1) is 20.1. The number of hydrogen-bond donors (Lipinski definition) is 5. The van der Waals surface area contributed by atoms with Gasteiger partial charge in [-0.25, -0.2) is 4.79 Å². The second-order valence-electron chi connectivity index (χ2n) is 7.31. The number of aliphatic hydroxyl groups is 1. The van der Waals surface area contributed by atoms with Crippen molar-refractivity contribution in [1.82, 2.24) is 20.9 Å². The van der Waals surface area contributed by atoms with Crippen LogP contribution < -0.4 is 16.0 Å². The molecule has 0 spiro atoms. The Balaban J connectivity index is 1.65. The summed E-state index contributed by atoms with van der Waals surface area (Å²) >= 11 is 1.53. The summed E-state index contributed by atoms with van der Waals surface area (Å²) in [6, 6.07) is -0.0299. The first-order valence-electron chi connectivity index (χ1n) is 9.13. The summed E-state index contributed by atoms with van der Waals surface area (Å²) in [5.74, 6) is -2.03. The molecule has 6 atom stereocenters. The summed E-state index contributed by atoms with van der Waals surface area (Å²) in [6.45, 7) is 5.38. The van der Waals surface area contributed by atoms with Crippen molar-refractivity contribution in [3.05, 3.63) is 10.6 Å². The lowest BCUT2D eigenvalue weighted by Gasteiger charge is -2.46. The van der Waals surface area contributed by atoms with Crippen LogP contribution in [0, 0.1) is 11.8 Å². The highest BCUT2D eigenvalue weighted by Gasteiger charge is 2.60. The molecule has 10 heteroatoms. The number of β-lactam (4-membered cyclic amide) rings is 1. The van der Waals surface area contributed by atoms with E-state index in [2.05, 4.69) is 16.0 Å². The van der Waals surface area contributed by atoms with Crippen LogP contribution in [0.5, 0.6) is 0 Å². The smallest absolute Gasteiger partial charge is 0.353 e. The van der Waals surface area contributed by atoms with E-state index >= 15 is 0 Å². The maximum atomic E-state index is 12.4. The Morgan fingerprint density at radius 3 is 2.89 bits per heavy atom. The van der Waals surface area contributed by atoms with Crippen LogP contribution in [-0.4, -0.2) is 76.6 Å². The molecule has 0 aromatic rings. The average Bonchev–Trinajstić information content (AvgIpc) is 3.14. The summed E-state index contributed by atoms with van der Waals surface area (Å²) in [7, 11) is 0. The highest BCUT2D eigenvalue weighted by Crippen LogP contribution is 2.51. The number of nitrogens with one attached hydrogen (secondary N) is 3. The standard InChI is InChI=1S/C17H26N4O5S/c1-8-13-12(9(2)23)16(24)21(13)14(17(25)26)15(8)27-11-3-10(20-5-11)4-18-6-19-7-22/h7-13,18,20,23H,3-6H2,1-2H3,(H,19,22)(H,25,26)/t8-,9-,10+,11+,12-,13-/m1/s1. The number of rotatable bonds is 9. The zero-order valence-corrected chi connectivity index (χ0v) is 16.2. The van der Waals surface area contributed by atoms with Gasteiger partial charge in [-0.05, 0) is 13.3 Å². The Morgan fingerprint density at radius 2 is 2.26 bits per heavy atom. The van der Waals surface area contributed by atoms with E-state index in [1.165, 1.54) is 16.7 Å². The van der Waals surface area contributed by atoms with Gasteiger partial charge in [0.1, 0.15) is 5.70 Å². The van der Waals surface area contributed by atoms with Crippen LogP contribution in [0.2, 0.25) is 0 Å². The molecule has 0 bridgehead atoms. The maximum Gasteiger partial charge on any atom is 0.353 e. The number of carbonyl (C=O) groups is 3. The van der Waals surface area contributed by atoms with Gasteiger partial charge >= 0.3 is 5.97 Å². The van der Waals surface area contributed by atoms with Crippen molar-refractivity contribution >= 4 is 30.0 Å². The number of thioether (sulfide) groups is 1. The Hall–Kier alpha value is -1.62. The molecule has 3 rings (SSSR count). The molecular weight excluding hydrogens is 372 g/mol. The number of aliphatic hydroxyl groups excluding tert-OH is 1. The van der Waals surface area contributed by atoms with Gasteiger partial charge in [0.25, 0.3) is 0 Å². The molecule has 3 aliphatic heterocycles. The molecule has 9 nitrogen and oxygen atoms in total. The largest absolute Gasteiger partial charge is 0.477 e. The summed E-state index contributed by atoms with van der Waals surface area (Å²) in [5.41, 5.74) is 0.0798. The van der Waals surface area contributed by atoms with Crippen molar-refractivity contribution in [1.29, 1.82) is 0 Å². The summed E-state index contributed by atoms with van der Waals surface area (Å²) < 4.78 is 0. The molecule has 2 amide bonds. The van der Waals surface area contributed by atoms with Gasteiger partial charge in [-0.2, -0.15) is 0 Å². The van der Waals surface area contributed by atoms with Crippen molar-refractivity contribution < 1.29 is 24.6 Å². The third-order valence-corrected chi connectivity index (χ3v) is 7.00. The lowest BCUT2D eigenvalue weighted by Crippen LogP contribution is -2.63. The summed E-state index contributed by atoms with van der Waals surface area (Å²) in [4.78, 5) is 36.5. The fourth-order valence-electron chi connectivity index (χ4n) is 4.25. The Bertz CT molecular complexity index is 655. The van der Waals surface area contributed by atoms with E-state index in [9.17, 15) is 24.6 Å². The number of carboxylic acids is 1. The van der Waals surface area contributed by atoms with E-state index < -0.39 is 18.0 Å². The van der Waals surface area contributed by atoms with Crippen molar-refractivity contribution in [3.63, 3.8) is 0 Å². The number of carboxylic acid groups (broad SMARTS) is 1. The van der Waals surface area contributed by atoms with Crippen molar-refractivity contribution in [2.24, 2.45) is 11.8 Å². The van der Waals surface area contributed by atoms with E-state index in [1.54, 1.807) is 6.92 Å². The number of carbonyl (C=O) groups excluding carboxylic acids is 2. The molecule has 2 saturated heterocycles. The molecule has 150 valence electrons. The van der Waals surface area contributed by atoms with Crippen molar-refractivity contribution in [3.8, 4) is 0 Å². The SMILES string of the molecule is C[C@@H](O)[C@H]1C(=O)N2C(C(=O)O)=C(S[C@@H]3CN[C@H](CNCNC=O)C3)[C@H](C)[C@H]12. The monoisotopic (exact) mass is 398 g/mol. The average molecular weight is 398 g/mol. The van der Waals surface area contributed by atoms with Gasteiger partial charge in [-0.15, -0.1) is 11.8 Å². The minimum absolute atomic E-state index is 0.0798. The lowest BCUT2D eigenvalue weighted by molar-refractivity contribution is -0.163. The number of hydrogen-bond acceptors (Lipinski definition) is 7. The second-order valence-corrected chi connectivity index (χ2v) is 8.65. The van der Waals surface area contributed by atoms with Gasteiger partial charge in [0, 0.05) is 35.2 Å². The third kappa shape index (κ3) is 3.71. The molecular formula is C17H26N4O5S. The van der Waals surface area contributed by atoms with E-state index in [0.29, 0.717) is 19.6 Å². The molecule has 27 heavy (non-hydrogen) atoms. The molecule has 3 aliphatic rings. The van der Waals surface area contributed by atoms with Crippen LogP contribution in [0.15, 0.2) is 10.6 Å². The van der Waals surface area contributed by atoms with Crippen LogP contribution in [-0.2, 0) is 14.4 Å². The molecule has 3 heterocycles. The number of nitrogens with zero attached hydrogens (tertiary/aromatic N) is 1. The maximum absolute atomic E-state index is 12.4. The topological polar surface area (TPSA) is 131 Å². The van der Waals surface area contributed by atoms with Crippen molar-refractivity contribution in [2.45, 2.75) is 43.7 Å². The Kier molecular flexibility index (Phi) is 6.09. The first-order valence-corrected chi connectivity index (χ1v) is 10.0. The van der Waals surface area contributed by atoms with Crippen LogP contribution in [0.3, 0.4) is 0 Å². The molecule has 0 aromatic carbocycles. The Morgan fingerprint density at radius 1 is 1.52 bits per heavy atom. The van der Waals surface area contributed by atoms with Crippen LogP contribution in [0.25, 0.3) is 0 Å². The van der Waals surface area contributed by atoms with Gasteiger partial charge in [-0.3, -0.25) is 14.9 Å². The van der Waals surface area contributed by atoms with E-state index in [1.807, 2.05) is 6.92 Å². The molecule has 0 saturated carbocycles. The minimum atomic E-state index is -1.09. The second kappa shape index (κ2) is 8.17. The van der Waals surface area contributed by atoms with Crippen LogP contribution >= 0.6 is 11.8 Å². The van der Waals surface area contributed by atoms with E-state index in [0.717, 1.165) is 17.9 Å². The van der Waals surface area contributed by atoms with Gasteiger partial charge in [0.05, 0.1) is 24.7 Å². The highest BCUT2D eigenvalue weighted by atomic mass is 32.2. The highest BCUT2D eigenvalue weighted by molar-refractivity contribution is 8.03. The molecule has 0 radical (unpaired) electrons. The van der Waals surface area contributed by atoms with Gasteiger partial charge < -0.3 is 25.7 Å². The quantitative estimate of drug-likeness (QED) is 0.143. The molecule has 0 unspecified atom stereocenters. The van der Waals surface area contributed by atoms with E-state index in [4.69, 9.17) is 0 Å². The number of aliphatic carboxylic acids is 1. The van der Waals surface area contributed by atoms with Crippen molar-refractivity contribution in [2.75, 3.05) is 19.8 Å². The van der Waals surface area contributed by atoms with Gasteiger partial charge in [0.2, 0.25) is 12.3 Å². The number of amides is 2. The predicted molar refractivity (Wildman–Crippen MR) is 99.5 cm³/mol. The zero-order valence-electron chi connectivity index (χ0n) is 15.3. The summed E-state index contributed by atoms with van der Waals surface area (Å²) in [6.07, 6.45) is 0.713. The molecule has 0 aliphatic carbocycles. The molecule has 5 N–H and O–H groups in total. The normalized spacial score (nSPS) is 33.7. The van der Waals surface area contributed by atoms with Crippen LogP contribution in [0.4, 0.5) is 0 Å². The molecule has 2 fully saturated rings. The van der Waals surface area contributed by atoms with Gasteiger partial charge in [0.15, 0.2) is 0 Å². The zero-order chi connectivity index (χ0) is 19.7. The first-order chi connectivity index (χ1) is 12.9.